The summed E-state index contributed by atoms with van der Waals surface area (Å²) in [4.78, 5) is 0. The quantitative estimate of drug-likeness (QED) is 0.686. The number of nitrogens with one attached hydrogen (secondary N) is 1. The summed E-state index contributed by atoms with van der Waals surface area (Å²) >= 11 is 0. The van der Waals surface area contributed by atoms with Crippen molar-refractivity contribution < 1.29 is 9.13 Å². The summed E-state index contributed by atoms with van der Waals surface area (Å²) in [6, 6.07) is 4.97. The number of anilines is 1. The topological polar surface area (TPSA) is 21.3 Å². The number of benzene rings is 1. The fourth-order valence-electron chi connectivity index (χ4n) is 1.74. The Morgan fingerprint density at radius 3 is 2.59 bits per heavy atom. The molecule has 0 aromatic heterocycles. The number of ether oxygens (including phenoxy) is 1. The lowest BCUT2D eigenvalue weighted by atomic mass is 10.1. The van der Waals surface area contributed by atoms with Gasteiger partial charge in [-0.3, -0.25) is 0 Å². The third kappa shape index (κ3) is 5.07. The van der Waals surface area contributed by atoms with E-state index in [1.54, 1.807) is 6.07 Å². The van der Waals surface area contributed by atoms with E-state index in [2.05, 4.69) is 12.2 Å². The van der Waals surface area contributed by atoms with Crippen LogP contribution in [0.2, 0.25) is 0 Å². The minimum atomic E-state index is -0.316. The summed E-state index contributed by atoms with van der Waals surface area (Å²) < 4.78 is 18.2. The van der Waals surface area contributed by atoms with Crippen molar-refractivity contribution in [1.29, 1.82) is 0 Å². The van der Waals surface area contributed by atoms with Crippen molar-refractivity contribution >= 4 is 5.69 Å². The largest absolute Gasteiger partial charge is 0.494 e. The van der Waals surface area contributed by atoms with Gasteiger partial charge in [0.15, 0.2) is 11.6 Å². The fraction of sp³-hybridized carbons (Fsp3) is 0.571. The Morgan fingerprint density at radius 1 is 1.18 bits per heavy atom. The maximum absolute atomic E-state index is 13.4. The van der Waals surface area contributed by atoms with Gasteiger partial charge in [0, 0.05) is 18.3 Å². The molecule has 0 aliphatic carbocycles. The van der Waals surface area contributed by atoms with Gasteiger partial charge in [0.1, 0.15) is 0 Å². The Balaban J connectivity index is 2.25. The summed E-state index contributed by atoms with van der Waals surface area (Å²) in [7, 11) is 1.47. The molecular weight excluding hydrogens is 217 g/mol. The molecule has 0 saturated heterocycles. The van der Waals surface area contributed by atoms with Crippen LogP contribution in [0.1, 0.15) is 39.0 Å². The predicted octanol–water partition coefficient (Wildman–Crippen LogP) is 4.22. The summed E-state index contributed by atoms with van der Waals surface area (Å²) in [5, 5.41) is 3.22. The van der Waals surface area contributed by atoms with Crippen LogP contribution in [-0.4, -0.2) is 13.7 Å². The maximum atomic E-state index is 13.4. The van der Waals surface area contributed by atoms with Crippen LogP contribution in [0.3, 0.4) is 0 Å². The Bertz CT molecular complexity index is 328. The first-order valence-corrected chi connectivity index (χ1v) is 6.35. The molecule has 1 aromatic rings. The number of rotatable bonds is 8. The molecule has 1 N–H and O–H groups in total. The summed E-state index contributed by atoms with van der Waals surface area (Å²) in [5.74, 6) is -0.0259. The van der Waals surface area contributed by atoms with Crippen molar-refractivity contribution in [2.24, 2.45) is 0 Å². The van der Waals surface area contributed by atoms with Gasteiger partial charge in [-0.15, -0.1) is 0 Å². The van der Waals surface area contributed by atoms with Crippen molar-refractivity contribution in [3.63, 3.8) is 0 Å². The Labute approximate surface area is 103 Å². The van der Waals surface area contributed by atoms with E-state index in [1.165, 1.54) is 38.9 Å². The van der Waals surface area contributed by atoms with E-state index >= 15 is 0 Å². The van der Waals surface area contributed by atoms with Crippen molar-refractivity contribution in [1.82, 2.24) is 0 Å². The molecule has 0 aliphatic heterocycles. The zero-order valence-electron chi connectivity index (χ0n) is 10.8. The molecule has 0 atom stereocenters. The molecule has 0 saturated carbocycles. The molecule has 0 unspecified atom stereocenters. The third-order valence-corrected chi connectivity index (χ3v) is 2.76. The molecule has 17 heavy (non-hydrogen) atoms. The number of methoxy groups -OCH3 is 1. The van der Waals surface area contributed by atoms with Gasteiger partial charge in [0.05, 0.1) is 7.11 Å². The number of hydrogen-bond donors (Lipinski definition) is 1. The van der Waals surface area contributed by atoms with Crippen LogP contribution in [0, 0.1) is 5.82 Å². The van der Waals surface area contributed by atoms with E-state index in [0.29, 0.717) is 5.75 Å². The van der Waals surface area contributed by atoms with Gasteiger partial charge in [-0.1, -0.05) is 32.6 Å². The highest BCUT2D eigenvalue weighted by Gasteiger charge is 2.02. The molecule has 0 spiro atoms. The van der Waals surface area contributed by atoms with Crippen molar-refractivity contribution in [2.45, 2.75) is 39.0 Å². The summed E-state index contributed by atoms with van der Waals surface area (Å²) in [6.07, 6.45) is 6.22. The summed E-state index contributed by atoms with van der Waals surface area (Å²) in [6.45, 7) is 3.11. The first kappa shape index (κ1) is 13.8. The Morgan fingerprint density at radius 2 is 1.94 bits per heavy atom. The molecule has 0 fully saturated rings. The van der Waals surface area contributed by atoms with E-state index < -0.39 is 0 Å². The van der Waals surface area contributed by atoms with Crippen molar-refractivity contribution in [3.8, 4) is 5.75 Å². The van der Waals surface area contributed by atoms with Gasteiger partial charge in [0.2, 0.25) is 0 Å². The van der Waals surface area contributed by atoms with Crippen LogP contribution in [-0.2, 0) is 0 Å². The normalized spacial score (nSPS) is 10.3. The zero-order chi connectivity index (χ0) is 12.5. The molecule has 3 heteroatoms. The molecule has 0 aliphatic rings. The fourth-order valence-corrected chi connectivity index (χ4v) is 1.74. The molecular formula is C14H22FNO. The number of hydrogen-bond acceptors (Lipinski definition) is 2. The standard InChI is InChI=1S/C14H22FNO/c1-3-4-5-6-7-10-16-12-8-9-14(17-2)13(15)11-12/h8-9,11,16H,3-7,10H2,1-2H3. The molecule has 2 nitrogen and oxygen atoms in total. The second-order valence-corrected chi connectivity index (χ2v) is 4.19. The Hall–Kier alpha value is -1.25. The van der Waals surface area contributed by atoms with Crippen LogP contribution in [0.15, 0.2) is 18.2 Å². The van der Waals surface area contributed by atoms with Gasteiger partial charge in [-0.2, -0.15) is 0 Å². The van der Waals surface area contributed by atoms with Gasteiger partial charge in [-0.05, 0) is 18.6 Å². The van der Waals surface area contributed by atoms with E-state index in [-0.39, 0.29) is 5.82 Å². The van der Waals surface area contributed by atoms with Crippen LogP contribution < -0.4 is 10.1 Å². The van der Waals surface area contributed by atoms with Crippen LogP contribution in [0.5, 0.6) is 5.75 Å². The monoisotopic (exact) mass is 239 g/mol. The van der Waals surface area contributed by atoms with E-state index in [0.717, 1.165) is 18.7 Å². The highest BCUT2D eigenvalue weighted by Crippen LogP contribution is 2.20. The molecule has 1 rings (SSSR count). The van der Waals surface area contributed by atoms with Gasteiger partial charge in [0.25, 0.3) is 0 Å². The smallest absolute Gasteiger partial charge is 0.167 e. The lowest BCUT2D eigenvalue weighted by Crippen LogP contribution is -2.02. The second kappa shape index (κ2) is 7.93. The van der Waals surface area contributed by atoms with Gasteiger partial charge < -0.3 is 10.1 Å². The van der Waals surface area contributed by atoms with E-state index in [1.807, 2.05) is 6.07 Å². The first-order valence-electron chi connectivity index (χ1n) is 6.35. The molecule has 1 aromatic carbocycles. The lowest BCUT2D eigenvalue weighted by molar-refractivity contribution is 0.386. The van der Waals surface area contributed by atoms with Crippen LogP contribution in [0.25, 0.3) is 0 Å². The average Bonchev–Trinajstić information content (AvgIpc) is 2.34. The van der Waals surface area contributed by atoms with Crippen LogP contribution >= 0.6 is 0 Å². The van der Waals surface area contributed by atoms with Gasteiger partial charge in [-0.25, -0.2) is 4.39 Å². The van der Waals surface area contributed by atoms with E-state index in [9.17, 15) is 4.39 Å². The zero-order valence-corrected chi connectivity index (χ0v) is 10.8. The van der Waals surface area contributed by atoms with Gasteiger partial charge >= 0.3 is 0 Å². The van der Waals surface area contributed by atoms with Crippen molar-refractivity contribution in [3.05, 3.63) is 24.0 Å². The third-order valence-electron chi connectivity index (χ3n) is 2.76. The molecule has 0 radical (unpaired) electrons. The number of unbranched alkanes of at least 4 members (excludes halogenated alkanes) is 4. The Kier molecular flexibility index (Phi) is 6.45. The van der Waals surface area contributed by atoms with Crippen molar-refractivity contribution in [2.75, 3.05) is 19.0 Å². The molecule has 0 amide bonds. The molecule has 0 heterocycles. The molecule has 96 valence electrons. The number of halogens is 1. The van der Waals surface area contributed by atoms with Crippen LogP contribution in [0.4, 0.5) is 10.1 Å². The first-order chi connectivity index (χ1) is 8.27. The highest BCUT2D eigenvalue weighted by molar-refractivity contribution is 5.47. The minimum absolute atomic E-state index is 0.290. The minimum Gasteiger partial charge on any atom is -0.494 e. The summed E-state index contributed by atoms with van der Waals surface area (Å²) in [5.41, 5.74) is 0.818. The highest BCUT2D eigenvalue weighted by atomic mass is 19.1. The predicted molar refractivity (Wildman–Crippen MR) is 70.2 cm³/mol. The maximum Gasteiger partial charge on any atom is 0.167 e. The molecule has 0 bridgehead atoms. The second-order valence-electron chi connectivity index (χ2n) is 4.19. The SMILES string of the molecule is CCCCCCCNc1ccc(OC)c(F)c1. The average molecular weight is 239 g/mol. The lowest BCUT2D eigenvalue weighted by Gasteiger charge is -2.08. The van der Waals surface area contributed by atoms with E-state index in [4.69, 9.17) is 4.74 Å².